The van der Waals surface area contributed by atoms with Crippen LogP contribution in [0, 0.1) is 5.92 Å². The number of carboxylic acid groups (broad SMARTS) is 1. The van der Waals surface area contributed by atoms with Crippen LogP contribution in [-0.4, -0.2) is 41.1 Å². The molecule has 1 saturated carbocycles. The third-order valence-corrected chi connectivity index (χ3v) is 2.71. The minimum absolute atomic E-state index is 0.554. The van der Waals surface area contributed by atoms with Crippen molar-refractivity contribution in [2.45, 2.75) is 45.2 Å². The summed E-state index contributed by atoms with van der Waals surface area (Å²) in [5, 5.41) is 8.69. The van der Waals surface area contributed by atoms with Gasteiger partial charge >= 0.3 is 5.97 Å². The molecule has 1 rings (SSSR count). The van der Waals surface area contributed by atoms with Gasteiger partial charge in [-0.25, -0.2) is 0 Å². The van der Waals surface area contributed by atoms with Gasteiger partial charge in [0.25, 0.3) is 0 Å². The van der Waals surface area contributed by atoms with Crippen molar-refractivity contribution >= 4 is 5.97 Å². The van der Waals surface area contributed by atoms with Crippen molar-refractivity contribution in [2.24, 2.45) is 11.7 Å². The average Bonchev–Trinajstić information content (AvgIpc) is 2.93. The lowest BCUT2D eigenvalue weighted by molar-refractivity contribution is -0.138. The average molecular weight is 214 g/mol. The predicted octanol–water partition coefficient (Wildman–Crippen LogP) is 0.909. The zero-order valence-corrected chi connectivity index (χ0v) is 9.65. The summed E-state index contributed by atoms with van der Waals surface area (Å²) in [6.45, 7) is 6.24. The zero-order valence-electron chi connectivity index (χ0n) is 9.65. The van der Waals surface area contributed by atoms with Crippen molar-refractivity contribution in [2.75, 3.05) is 13.1 Å². The molecule has 1 aliphatic rings. The highest BCUT2D eigenvalue weighted by Crippen LogP contribution is 2.27. The smallest absolute Gasteiger partial charge is 0.320 e. The van der Waals surface area contributed by atoms with Gasteiger partial charge in [-0.2, -0.15) is 0 Å². The molecule has 0 radical (unpaired) electrons. The minimum atomic E-state index is -0.893. The Kier molecular flexibility index (Phi) is 4.54. The topological polar surface area (TPSA) is 66.6 Å². The minimum Gasteiger partial charge on any atom is -0.480 e. The number of hydrogen-bond donors (Lipinski definition) is 2. The van der Waals surface area contributed by atoms with E-state index < -0.39 is 12.0 Å². The maximum absolute atomic E-state index is 10.6. The van der Waals surface area contributed by atoms with Crippen LogP contribution in [0.15, 0.2) is 0 Å². The molecule has 0 saturated heterocycles. The summed E-state index contributed by atoms with van der Waals surface area (Å²) in [4.78, 5) is 13.0. The van der Waals surface area contributed by atoms with Gasteiger partial charge in [-0.15, -0.1) is 0 Å². The first-order valence-electron chi connectivity index (χ1n) is 5.73. The molecule has 1 unspecified atom stereocenters. The van der Waals surface area contributed by atoms with Gasteiger partial charge in [0.15, 0.2) is 0 Å². The lowest BCUT2D eigenvalue weighted by atomic mass is 10.1. The monoisotopic (exact) mass is 214 g/mol. The number of rotatable bonds is 7. The zero-order chi connectivity index (χ0) is 11.4. The van der Waals surface area contributed by atoms with Crippen molar-refractivity contribution in [3.8, 4) is 0 Å². The molecule has 1 fully saturated rings. The van der Waals surface area contributed by atoms with E-state index in [4.69, 9.17) is 10.8 Å². The molecule has 88 valence electrons. The van der Waals surface area contributed by atoms with Gasteiger partial charge in [-0.1, -0.05) is 13.8 Å². The predicted molar refractivity (Wildman–Crippen MR) is 59.7 cm³/mol. The van der Waals surface area contributed by atoms with Gasteiger partial charge in [0.1, 0.15) is 6.04 Å². The Balaban J connectivity index is 2.28. The molecule has 0 aromatic rings. The van der Waals surface area contributed by atoms with Gasteiger partial charge in [0, 0.05) is 19.1 Å². The molecule has 4 heteroatoms. The first-order chi connectivity index (χ1) is 7.00. The summed E-state index contributed by atoms with van der Waals surface area (Å²) >= 11 is 0. The molecule has 1 atom stereocenters. The van der Waals surface area contributed by atoms with E-state index in [0.717, 1.165) is 13.1 Å². The van der Waals surface area contributed by atoms with E-state index in [-0.39, 0.29) is 0 Å². The van der Waals surface area contributed by atoms with Crippen LogP contribution < -0.4 is 5.73 Å². The summed E-state index contributed by atoms with van der Waals surface area (Å²) in [6, 6.07) is -0.0215. The van der Waals surface area contributed by atoms with Gasteiger partial charge in [-0.05, 0) is 25.2 Å². The highest BCUT2D eigenvalue weighted by atomic mass is 16.4. The lowest BCUT2D eigenvalue weighted by Gasteiger charge is -2.24. The third-order valence-electron chi connectivity index (χ3n) is 2.71. The molecular weight excluding hydrogens is 192 g/mol. The Morgan fingerprint density at radius 1 is 1.53 bits per heavy atom. The van der Waals surface area contributed by atoms with E-state index in [9.17, 15) is 4.79 Å². The fourth-order valence-corrected chi connectivity index (χ4v) is 1.76. The largest absolute Gasteiger partial charge is 0.480 e. The molecule has 1 aliphatic carbocycles. The van der Waals surface area contributed by atoms with Crippen molar-refractivity contribution in [1.82, 2.24) is 4.90 Å². The summed E-state index contributed by atoms with van der Waals surface area (Å²) in [7, 11) is 0. The number of aliphatic carboxylic acids is 1. The molecule has 0 aromatic carbocycles. The maximum Gasteiger partial charge on any atom is 0.320 e. The lowest BCUT2D eigenvalue weighted by Crippen LogP contribution is -2.37. The summed E-state index contributed by atoms with van der Waals surface area (Å²) in [6.07, 6.45) is 3.07. The van der Waals surface area contributed by atoms with E-state index in [1.807, 2.05) is 0 Å². The van der Waals surface area contributed by atoms with Crippen molar-refractivity contribution in [3.05, 3.63) is 0 Å². The third kappa shape index (κ3) is 4.62. The molecule has 0 amide bonds. The van der Waals surface area contributed by atoms with Gasteiger partial charge in [0.05, 0.1) is 0 Å². The van der Waals surface area contributed by atoms with Gasteiger partial charge < -0.3 is 15.7 Å². The number of hydrogen-bond acceptors (Lipinski definition) is 3. The Morgan fingerprint density at radius 2 is 2.13 bits per heavy atom. The number of carbonyl (C=O) groups is 1. The van der Waals surface area contributed by atoms with Crippen LogP contribution in [0.2, 0.25) is 0 Å². The molecule has 0 spiro atoms. The summed E-state index contributed by atoms with van der Waals surface area (Å²) in [5.41, 5.74) is 5.49. The van der Waals surface area contributed by atoms with Crippen molar-refractivity contribution < 1.29 is 9.90 Å². The quantitative estimate of drug-likeness (QED) is 0.661. The highest BCUT2D eigenvalue weighted by molar-refractivity contribution is 5.72. The number of nitrogens with zero attached hydrogens (tertiary/aromatic N) is 1. The Hall–Kier alpha value is -0.610. The van der Waals surface area contributed by atoms with Crippen molar-refractivity contribution in [3.63, 3.8) is 0 Å². The van der Waals surface area contributed by atoms with Gasteiger partial charge in [-0.3, -0.25) is 4.79 Å². The standard InChI is InChI=1S/C11H22N2O2/c1-8(2)7-13(9-3-4-9)6-5-10(12)11(14)15/h8-10H,3-7,12H2,1-2H3,(H,14,15). The second-order valence-electron chi connectivity index (χ2n) is 4.85. The second-order valence-corrected chi connectivity index (χ2v) is 4.85. The fraction of sp³-hybridized carbons (Fsp3) is 0.909. The van der Waals surface area contributed by atoms with Crippen LogP contribution in [0.5, 0.6) is 0 Å². The molecule has 0 heterocycles. The fourth-order valence-electron chi connectivity index (χ4n) is 1.76. The van der Waals surface area contributed by atoms with Crippen LogP contribution in [0.3, 0.4) is 0 Å². The van der Waals surface area contributed by atoms with Crippen LogP contribution in [-0.2, 0) is 4.79 Å². The molecule has 4 nitrogen and oxygen atoms in total. The molecule has 3 N–H and O–H groups in total. The molecule has 0 aliphatic heterocycles. The SMILES string of the molecule is CC(C)CN(CCC(N)C(=O)O)C1CC1. The van der Waals surface area contributed by atoms with Crippen LogP contribution in [0.4, 0.5) is 0 Å². The van der Waals surface area contributed by atoms with Crippen LogP contribution in [0.25, 0.3) is 0 Å². The molecule has 15 heavy (non-hydrogen) atoms. The number of nitrogens with two attached hydrogens (primary N) is 1. The van der Waals surface area contributed by atoms with Crippen LogP contribution in [0.1, 0.15) is 33.1 Å². The van der Waals surface area contributed by atoms with Crippen LogP contribution >= 0.6 is 0 Å². The summed E-state index contributed by atoms with van der Waals surface area (Å²) < 4.78 is 0. The van der Waals surface area contributed by atoms with E-state index >= 15 is 0 Å². The molecule has 0 aromatic heterocycles. The summed E-state index contributed by atoms with van der Waals surface area (Å²) in [5.74, 6) is -0.262. The number of carboxylic acids is 1. The maximum atomic E-state index is 10.6. The Bertz CT molecular complexity index is 215. The van der Waals surface area contributed by atoms with E-state index in [1.54, 1.807) is 0 Å². The Morgan fingerprint density at radius 3 is 2.53 bits per heavy atom. The van der Waals surface area contributed by atoms with E-state index in [1.165, 1.54) is 12.8 Å². The first-order valence-corrected chi connectivity index (χ1v) is 5.73. The van der Waals surface area contributed by atoms with E-state index in [2.05, 4.69) is 18.7 Å². The first kappa shape index (κ1) is 12.5. The van der Waals surface area contributed by atoms with E-state index in [0.29, 0.717) is 18.4 Å². The normalized spacial score (nSPS) is 18.5. The molecule has 0 bridgehead atoms. The highest BCUT2D eigenvalue weighted by Gasteiger charge is 2.29. The Labute approximate surface area is 91.4 Å². The van der Waals surface area contributed by atoms with Crippen molar-refractivity contribution in [1.29, 1.82) is 0 Å². The molecular formula is C11H22N2O2. The van der Waals surface area contributed by atoms with Gasteiger partial charge in [0.2, 0.25) is 0 Å². The second kappa shape index (κ2) is 5.47.